The number of hydrogen-bond donors (Lipinski definition) is 1. The van der Waals surface area contributed by atoms with Gasteiger partial charge in [-0.25, -0.2) is 0 Å². The van der Waals surface area contributed by atoms with Gasteiger partial charge >= 0.3 is 6.18 Å². The lowest BCUT2D eigenvalue weighted by Gasteiger charge is -2.09. The standard InChI is InChI=1S/C16H14F3N3O4/c1-25-12-5-3-10(15(8-12)26-2)9-20-21-13-6-4-11(16(17,18)19)7-14(13)22(23)24/h3-9,21H,1-2H3/b20-9+. The summed E-state index contributed by atoms with van der Waals surface area (Å²) in [5.74, 6) is 1.00. The number of nitro benzene ring substituents is 1. The number of alkyl halides is 3. The predicted octanol–water partition coefficient (Wildman–Crippen LogP) is 4.08. The summed E-state index contributed by atoms with van der Waals surface area (Å²) in [6.07, 6.45) is -3.36. The highest BCUT2D eigenvalue weighted by Crippen LogP contribution is 2.35. The van der Waals surface area contributed by atoms with Crippen LogP contribution >= 0.6 is 0 Å². The molecular weight excluding hydrogens is 355 g/mol. The molecule has 138 valence electrons. The first kappa shape index (κ1) is 19.0. The van der Waals surface area contributed by atoms with Gasteiger partial charge in [0, 0.05) is 17.7 Å². The summed E-state index contributed by atoms with van der Waals surface area (Å²) in [7, 11) is 2.94. The van der Waals surface area contributed by atoms with E-state index in [-0.39, 0.29) is 5.69 Å². The number of ether oxygens (including phenoxy) is 2. The number of nitrogens with one attached hydrogen (secondary N) is 1. The lowest BCUT2D eigenvalue weighted by molar-refractivity contribution is -0.384. The fourth-order valence-corrected chi connectivity index (χ4v) is 2.05. The van der Waals surface area contributed by atoms with Crippen molar-refractivity contribution < 1.29 is 27.6 Å². The molecule has 10 heteroatoms. The molecule has 2 aromatic carbocycles. The van der Waals surface area contributed by atoms with Crippen molar-refractivity contribution in [3.8, 4) is 11.5 Å². The number of nitrogens with zero attached hydrogens (tertiary/aromatic N) is 2. The van der Waals surface area contributed by atoms with Gasteiger partial charge in [0.2, 0.25) is 0 Å². The molecule has 0 saturated heterocycles. The van der Waals surface area contributed by atoms with E-state index in [1.807, 2.05) is 0 Å². The molecular formula is C16H14F3N3O4. The number of hydrogen-bond acceptors (Lipinski definition) is 6. The predicted molar refractivity (Wildman–Crippen MR) is 88.9 cm³/mol. The van der Waals surface area contributed by atoms with E-state index < -0.39 is 22.4 Å². The van der Waals surface area contributed by atoms with E-state index in [1.54, 1.807) is 18.2 Å². The Kier molecular flexibility index (Phi) is 5.65. The molecule has 0 bridgehead atoms. The van der Waals surface area contributed by atoms with E-state index in [1.165, 1.54) is 20.4 Å². The number of halogens is 3. The van der Waals surface area contributed by atoms with E-state index in [0.29, 0.717) is 23.1 Å². The van der Waals surface area contributed by atoms with E-state index in [4.69, 9.17) is 9.47 Å². The van der Waals surface area contributed by atoms with Crippen LogP contribution < -0.4 is 14.9 Å². The summed E-state index contributed by atoms with van der Waals surface area (Å²) in [6, 6.07) is 7.05. The SMILES string of the molecule is COc1ccc(/C=N/Nc2ccc(C(F)(F)F)cc2[N+](=O)[O-])c(OC)c1. The molecule has 0 atom stereocenters. The number of hydrazone groups is 1. The zero-order valence-corrected chi connectivity index (χ0v) is 13.7. The smallest absolute Gasteiger partial charge is 0.416 e. The Labute approximate surface area is 146 Å². The van der Waals surface area contributed by atoms with Gasteiger partial charge in [-0.15, -0.1) is 0 Å². The second kappa shape index (κ2) is 7.72. The van der Waals surface area contributed by atoms with Crippen molar-refractivity contribution in [2.45, 2.75) is 6.18 Å². The number of rotatable bonds is 6. The third kappa shape index (κ3) is 4.41. The monoisotopic (exact) mass is 369 g/mol. The molecule has 0 aliphatic rings. The normalized spacial score (nSPS) is 11.4. The maximum atomic E-state index is 12.7. The van der Waals surface area contributed by atoms with Gasteiger partial charge in [-0.2, -0.15) is 18.3 Å². The Balaban J connectivity index is 2.26. The molecule has 0 aromatic heterocycles. The molecule has 0 fully saturated rings. The van der Waals surface area contributed by atoms with Crippen molar-refractivity contribution >= 4 is 17.6 Å². The summed E-state index contributed by atoms with van der Waals surface area (Å²) in [6.45, 7) is 0. The lowest BCUT2D eigenvalue weighted by Crippen LogP contribution is -2.06. The Morgan fingerprint density at radius 2 is 1.88 bits per heavy atom. The number of benzene rings is 2. The number of methoxy groups -OCH3 is 2. The average Bonchev–Trinajstić information content (AvgIpc) is 2.61. The van der Waals surface area contributed by atoms with Crippen LogP contribution in [0.4, 0.5) is 24.5 Å². The van der Waals surface area contributed by atoms with Gasteiger partial charge in [0.25, 0.3) is 5.69 Å². The van der Waals surface area contributed by atoms with E-state index in [0.717, 1.165) is 12.1 Å². The van der Waals surface area contributed by atoms with Crippen LogP contribution in [0.3, 0.4) is 0 Å². The van der Waals surface area contributed by atoms with E-state index in [9.17, 15) is 23.3 Å². The van der Waals surface area contributed by atoms with Gasteiger partial charge in [0.1, 0.15) is 17.2 Å². The minimum atomic E-state index is -4.68. The van der Waals surface area contributed by atoms with Crippen LogP contribution in [-0.2, 0) is 6.18 Å². The second-order valence-corrected chi connectivity index (χ2v) is 4.96. The van der Waals surface area contributed by atoms with Crippen molar-refractivity contribution in [1.29, 1.82) is 0 Å². The van der Waals surface area contributed by atoms with Crippen molar-refractivity contribution in [1.82, 2.24) is 0 Å². The molecule has 26 heavy (non-hydrogen) atoms. The van der Waals surface area contributed by atoms with Gasteiger partial charge < -0.3 is 9.47 Å². The zero-order chi connectivity index (χ0) is 19.3. The molecule has 0 radical (unpaired) electrons. The summed E-state index contributed by atoms with van der Waals surface area (Å²) < 4.78 is 48.3. The largest absolute Gasteiger partial charge is 0.497 e. The fraction of sp³-hybridized carbons (Fsp3) is 0.188. The van der Waals surface area contributed by atoms with Crippen molar-refractivity contribution in [3.05, 3.63) is 57.6 Å². The van der Waals surface area contributed by atoms with Crippen LogP contribution in [0.5, 0.6) is 11.5 Å². The average molecular weight is 369 g/mol. The molecule has 0 saturated carbocycles. The Morgan fingerprint density at radius 1 is 1.15 bits per heavy atom. The maximum absolute atomic E-state index is 12.7. The fourth-order valence-electron chi connectivity index (χ4n) is 2.05. The summed E-state index contributed by atoms with van der Waals surface area (Å²) in [4.78, 5) is 10.1. The summed E-state index contributed by atoms with van der Waals surface area (Å²) in [5, 5.41) is 14.8. The second-order valence-electron chi connectivity index (χ2n) is 4.96. The third-order valence-corrected chi connectivity index (χ3v) is 3.35. The molecule has 2 aromatic rings. The molecule has 0 spiro atoms. The van der Waals surface area contributed by atoms with Crippen LogP contribution in [0.15, 0.2) is 41.5 Å². The molecule has 2 rings (SSSR count). The zero-order valence-electron chi connectivity index (χ0n) is 13.7. The molecule has 0 unspecified atom stereocenters. The van der Waals surface area contributed by atoms with Gasteiger partial charge in [-0.1, -0.05) is 0 Å². The van der Waals surface area contributed by atoms with Gasteiger partial charge in [-0.05, 0) is 24.3 Å². The van der Waals surface area contributed by atoms with Crippen molar-refractivity contribution in [2.75, 3.05) is 19.6 Å². The topological polar surface area (TPSA) is 86.0 Å². The maximum Gasteiger partial charge on any atom is 0.416 e. The lowest BCUT2D eigenvalue weighted by atomic mass is 10.1. The van der Waals surface area contributed by atoms with E-state index in [2.05, 4.69) is 10.5 Å². The first-order valence-corrected chi connectivity index (χ1v) is 7.13. The highest BCUT2D eigenvalue weighted by atomic mass is 19.4. The Morgan fingerprint density at radius 3 is 2.46 bits per heavy atom. The summed E-state index contributed by atoms with van der Waals surface area (Å²) in [5.41, 5.74) is 0.886. The van der Waals surface area contributed by atoms with Crippen LogP contribution in [0.2, 0.25) is 0 Å². The van der Waals surface area contributed by atoms with Gasteiger partial charge in [0.05, 0.1) is 30.9 Å². The molecule has 0 heterocycles. The molecule has 0 aliphatic heterocycles. The van der Waals surface area contributed by atoms with Crippen LogP contribution in [0, 0.1) is 10.1 Å². The quantitative estimate of drug-likeness (QED) is 0.471. The highest BCUT2D eigenvalue weighted by Gasteiger charge is 2.33. The number of nitro groups is 1. The van der Waals surface area contributed by atoms with Gasteiger partial charge in [-0.3, -0.25) is 15.5 Å². The molecule has 0 amide bonds. The van der Waals surface area contributed by atoms with Gasteiger partial charge in [0.15, 0.2) is 0 Å². The van der Waals surface area contributed by atoms with Crippen LogP contribution in [0.1, 0.15) is 11.1 Å². The first-order chi connectivity index (χ1) is 12.3. The highest BCUT2D eigenvalue weighted by molar-refractivity contribution is 5.84. The minimum Gasteiger partial charge on any atom is -0.497 e. The first-order valence-electron chi connectivity index (χ1n) is 7.13. The summed E-state index contributed by atoms with van der Waals surface area (Å²) >= 11 is 0. The Hall–Kier alpha value is -3.30. The van der Waals surface area contributed by atoms with Crippen LogP contribution in [-0.4, -0.2) is 25.4 Å². The Bertz CT molecular complexity index is 838. The van der Waals surface area contributed by atoms with E-state index >= 15 is 0 Å². The number of anilines is 1. The molecule has 0 aliphatic carbocycles. The molecule has 7 nitrogen and oxygen atoms in total. The van der Waals surface area contributed by atoms with Crippen LogP contribution in [0.25, 0.3) is 0 Å². The van der Waals surface area contributed by atoms with Crippen molar-refractivity contribution in [2.24, 2.45) is 5.10 Å². The molecule has 1 N–H and O–H groups in total. The minimum absolute atomic E-state index is 0.174. The third-order valence-electron chi connectivity index (χ3n) is 3.35. The van der Waals surface area contributed by atoms with Crippen molar-refractivity contribution in [3.63, 3.8) is 0 Å².